The second-order valence-electron chi connectivity index (χ2n) is 2.81. The van der Waals surface area contributed by atoms with E-state index in [-0.39, 0.29) is 6.42 Å². The van der Waals surface area contributed by atoms with Gasteiger partial charge in [-0.15, -0.1) is 11.8 Å². The molecule has 0 aromatic heterocycles. The van der Waals surface area contributed by atoms with Gasteiger partial charge in [-0.25, -0.2) is 0 Å². The van der Waals surface area contributed by atoms with E-state index in [0.717, 1.165) is 4.90 Å². The highest BCUT2D eigenvalue weighted by Gasteiger charge is 1.97. The Morgan fingerprint density at radius 3 is 2.54 bits per heavy atom. The van der Waals surface area contributed by atoms with E-state index in [0.29, 0.717) is 5.75 Å². The van der Waals surface area contributed by atoms with Crippen LogP contribution in [0, 0.1) is 6.92 Å². The minimum atomic E-state index is -0.736. The predicted molar refractivity (Wildman–Crippen MR) is 54.2 cm³/mol. The minimum Gasteiger partial charge on any atom is -0.481 e. The van der Waals surface area contributed by atoms with E-state index in [9.17, 15) is 4.79 Å². The Hall–Kier alpha value is -0.960. The Morgan fingerprint density at radius 1 is 1.38 bits per heavy atom. The molecule has 0 amide bonds. The van der Waals surface area contributed by atoms with Crippen LogP contribution in [0.5, 0.6) is 0 Å². The fourth-order valence-electron chi connectivity index (χ4n) is 0.891. The molecule has 0 bridgehead atoms. The van der Waals surface area contributed by atoms with E-state index < -0.39 is 5.97 Å². The summed E-state index contributed by atoms with van der Waals surface area (Å²) in [7, 11) is 0. The molecule has 1 aromatic carbocycles. The average Bonchev–Trinajstić information content (AvgIpc) is 2.08. The van der Waals surface area contributed by atoms with Crippen LogP contribution in [0.2, 0.25) is 0 Å². The molecule has 0 atom stereocenters. The molecule has 3 heteroatoms. The van der Waals surface area contributed by atoms with Crippen molar-refractivity contribution < 1.29 is 9.90 Å². The van der Waals surface area contributed by atoms with Gasteiger partial charge in [-0.3, -0.25) is 4.79 Å². The van der Waals surface area contributed by atoms with Gasteiger partial charge in [0.2, 0.25) is 0 Å². The van der Waals surface area contributed by atoms with E-state index in [1.165, 1.54) is 5.56 Å². The summed E-state index contributed by atoms with van der Waals surface area (Å²) in [5, 5.41) is 8.42. The molecule has 0 heterocycles. The lowest BCUT2D eigenvalue weighted by atomic mass is 10.2. The first-order valence-corrected chi connectivity index (χ1v) is 5.08. The zero-order valence-corrected chi connectivity index (χ0v) is 8.30. The number of hydrogen-bond donors (Lipinski definition) is 1. The van der Waals surface area contributed by atoms with Crippen molar-refractivity contribution in [1.29, 1.82) is 0 Å². The Kier molecular flexibility index (Phi) is 3.83. The molecule has 0 aliphatic carbocycles. The van der Waals surface area contributed by atoms with E-state index in [1.54, 1.807) is 11.8 Å². The van der Waals surface area contributed by atoms with Gasteiger partial charge in [-0.1, -0.05) is 17.7 Å². The SMILES string of the molecule is Cc1ccc(SCCC(=O)O)cc1. The number of rotatable bonds is 4. The summed E-state index contributed by atoms with van der Waals surface area (Å²) in [6, 6.07) is 8.09. The quantitative estimate of drug-likeness (QED) is 0.752. The van der Waals surface area contributed by atoms with Crippen LogP contribution in [0.15, 0.2) is 29.2 Å². The van der Waals surface area contributed by atoms with E-state index >= 15 is 0 Å². The molecule has 1 aromatic rings. The van der Waals surface area contributed by atoms with Crippen molar-refractivity contribution in [3.05, 3.63) is 29.8 Å². The van der Waals surface area contributed by atoms with Gasteiger partial charge < -0.3 is 5.11 Å². The third-order valence-electron chi connectivity index (χ3n) is 1.61. The minimum absolute atomic E-state index is 0.221. The van der Waals surface area contributed by atoms with Crippen molar-refractivity contribution in [2.24, 2.45) is 0 Å². The lowest BCUT2D eigenvalue weighted by molar-refractivity contribution is -0.136. The summed E-state index contributed by atoms with van der Waals surface area (Å²) in [6.07, 6.45) is 0.221. The maximum atomic E-state index is 10.2. The van der Waals surface area contributed by atoms with Gasteiger partial charge in [0.1, 0.15) is 0 Å². The monoisotopic (exact) mass is 196 g/mol. The molecule has 0 saturated heterocycles. The van der Waals surface area contributed by atoms with Crippen molar-refractivity contribution in [2.75, 3.05) is 5.75 Å². The van der Waals surface area contributed by atoms with Gasteiger partial charge in [-0.05, 0) is 19.1 Å². The summed E-state index contributed by atoms with van der Waals surface area (Å²) in [4.78, 5) is 11.4. The molecular weight excluding hydrogens is 184 g/mol. The first kappa shape index (κ1) is 10.1. The Bertz CT molecular complexity index is 279. The molecule has 0 unspecified atom stereocenters. The standard InChI is InChI=1S/C10H12O2S/c1-8-2-4-9(5-3-8)13-7-6-10(11)12/h2-5H,6-7H2,1H3,(H,11,12). The Balaban J connectivity index is 2.37. The number of carboxylic acid groups (broad SMARTS) is 1. The number of benzene rings is 1. The lowest BCUT2D eigenvalue weighted by Crippen LogP contribution is -1.95. The molecule has 1 rings (SSSR count). The number of carboxylic acids is 1. The second kappa shape index (κ2) is 4.92. The summed E-state index contributed by atoms with van der Waals surface area (Å²) >= 11 is 1.58. The average molecular weight is 196 g/mol. The third-order valence-corrected chi connectivity index (χ3v) is 2.62. The summed E-state index contributed by atoms with van der Waals surface area (Å²) in [5.74, 6) is -0.0992. The van der Waals surface area contributed by atoms with Crippen LogP contribution >= 0.6 is 11.8 Å². The van der Waals surface area contributed by atoms with Crippen LogP contribution in [0.3, 0.4) is 0 Å². The number of aliphatic carboxylic acids is 1. The number of thioether (sulfide) groups is 1. The molecule has 0 spiro atoms. The van der Waals surface area contributed by atoms with Crippen LogP contribution in [-0.4, -0.2) is 16.8 Å². The number of aryl methyl sites for hydroxylation is 1. The molecule has 0 saturated carbocycles. The maximum Gasteiger partial charge on any atom is 0.304 e. The van der Waals surface area contributed by atoms with Crippen LogP contribution < -0.4 is 0 Å². The molecular formula is C10H12O2S. The van der Waals surface area contributed by atoms with Gasteiger partial charge in [0.05, 0.1) is 6.42 Å². The zero-order chi connectivity index (χ0) is 9.68. The van der Waals surface area contributed by atoms with Crippen molar-refractivity contribution in [2.45, 2.75) is 18.2 Å². The van der Waals surface area contributed by atoms with E-state index in [1.807, 2.05) is 31.2 Å². The Labute approximate surface area is 82.0 Å². The van der Waals surface area contributed by atoms with Crippen molar-refractivity contribution in [1.82, 2.24) is 0 Å². The topological polar surface area (TPSA) is 37.3 Å². The van der Waals surface area contributed by atoms with Gasteiger partial charge in [0.15, 0.2) is 0 Å². The Morgan fingerprint density at radius 2 is 2.00 bits per heavy atom. The molecule has 0 aliphatic rings. The summed E-state index contributed by atoms with van der Waals surface area (Å²) in [6.45, 7) is 2.03. The highest BCUT2D eigenvalue weighted by molar-refractivity contribution is 7.99. The summed E-state index contributed by atoms with van der Waals surface area (Å²) < 4.78 is 0. The first-order chi connectivity index (χ1) is 6.18. The third kappa shape index (κ3) is 3.99. The predicted octanol–water partition coefficient (Wildman–Crippen LogP) is 2.56. The molecule has 2 nitrogen and oxygen atoms in total. The fourth-order valence-corrected chi connectivity index (χ4v) is 1.73. The van der Waals surface area contributed by atoms with Crippen LogP contribution in [0.1, 0.15) is 12.0 Å². The fraction of sp³-hybridized carbons (Fsp3) is 0.300. The van der Waals surface area contributed by atoms with Gasteiger partial charge in [0, 0.05) is 10.6 Å². The van der Waals surface area contributed by atoms with Crippen LogP contribution in [0.4, 0.5) is 0 Å². The molecule has 13 heavy (non-hydrogen) atoms. The maximum absolute atomic E-state index is 10.2. The van der Waals surface area contributed by atoms with Gasteiger partial charge >= 0.3 is 5.97 Å². The second-order valence-corrected chi connectivity index (χ2v) is 3.97. The van der Waals surface area contributed by atoms with Gasteiger partial charge in [0.25, 0.3) is 0 Å². The molecule has 1 N–H and O–H groups in total. The molecule has 0 radical (unpaired) electrons. The smallest absolute Gasteiger partial charge is 0.304 e. The van der Waals surface area contributed by atoms with Crippen LogP contribution in [-0.2, 0) is 4.79 Å². The van der Waals surface area contributed by atoms with Crippen molar-refractivity contribution >= 4 is 17.7 Å². The largest absolute Gasteiger partial charge is 0.481 e. The van der Waals surface area contributed by atoms with Gasteiger partial charge in [-0.2, -0.15) is 0 Å². The number of carbonyl (C=O) groups is 1. The molecule has 0 aliphatic heterocycles. The zero-order valence-electron chi connectivity index (χ0n) is 7.49. The molecule has 0 fully saturated rings. The van der Waals surface area contributed by atoms with Crippen molar-refractivity contribution in [3.63, 3.8) is 0 Å². The normalized spacial score (nSPS) is 9.92. The van der Waals surface area contributed by atoms with E-state index in [4.69, 9.17) is 5.11 Å². The first-order valence-electron chi connectivity index (χ1n) is 4.10. The highest BCUT2D eigenvalue weighted by Crippen LogP contribution is 2.18. The molecule has 70 valence electrons. The van der Waals surface area contributed by atoms with E-state index in [2.05, 4.69) is 0 Å². The lowest BCUT2D eigenvalue weighted by Gasteiger charge is -1.99. The summed E-state index contributed by atoms with van der Waals surface area (Å²) in [5.41, 5.74) is 1.22. The highest BCUT2D eigenvalue weighted by atomic mass is 32.2. The van der Waals surface area contributed by atoms with Crippen molar-refractivity contribution in [3.8, 4) is 0 Å². The van der Waals surface area contributed by atoms with Crippen LogP contribution in [0.25, 0.3) is 0 Å². The number of hydrogen-bond acceptors (Lipinski definition) is 2.